The molecule has 0 radical (unpaired) electrons. The molecule has 5 nitrogen and oxygen atoms in total. The van der Waals surface area contributed by atoms with Gasteiger partial charge in [0.05, 0.1) is 11.8 Å². The van der Waals surface area contributed by atoms with Gasteiger partial charge in [-0.05, 0) is 12.1 Å². The molecule has 0 aromatic carbocycles. The maximum absolute atomic E-state index is 12.4. The molecule has 2 heterocycles. The second-order valence-corrected chi connectivity index (χ2v) is 3.87. The number of halogens is 4. The average molecular weight is 292 g/mol. The Morgan fingerprint density at radius 2 is 2.05 bits per heavy atom. The molecule has 100 valence electrons. The monoisotopic (exact) mass is 291 g/mol. The number of hydrogen-bond acceptors (Lipinski definition) is 3. The third-order valence-electron chi connectivity index (χ3n) is 2.20. The summed E-state index contributed by atoms with van der Waals surface area (Å²) in [6, 6.07) is 2.37. The Bertz CT molecular complexity index is 639. The number of nitrogens with zero attached hydrogens (tertiary/aromatic N) is 3. The zero-order chi connectivity index (χ0) is 14.2. The third-order valence-corrected chi connectivity index (χ3v) is 2.41. The molecule has 0 amide bonds. The number of aromatic carboxylic acids is 1. The number of carbonyl (C=O) groups is 1. The van der Waals surface area contributed by atoms with E-state index in [0.29, 0.717) is 12.4 Å². The first-order valence-electron chi connectivity index (χ1n) is 4.81. The van der Waals surface area contributed by atoms with Gasteiger partial charge in [0.25, 0.3) is 0 Å². The number of carboxylic acids is 1. The number of carboxylic acid groups (broad SMARTS) is 1. The zero-order valence-electron chi connectivity index (χ0n) is 9.02. The lowest BCUT2D eigenvalue weighted by Gasteiger charge is -2.05. The maximum atomic E-state index is 12.4. The van der Waals surface area contributed by atoms with Crippen LogP contribution in [0.3, 0.4) is 0 Å². The normalized spacial score (nSPS) is 11.6. The van der Waals surface area contributed by atoms with Gasteiger partial charge in [0.2, 0.25) is 0 Å². The fraction of sp³-hybridized carbons (Fsp3) is 0.100. The summed E-state index contributed by atoms with van der Waals surface area (Å²) in [5.41, 5.74) is -1.31. The molecule has 0 unspecified atom stereocenters. The van der Waals surface area contributed by atoms with Gasteiger partial charge in [0.15, 0.2) is 5.82 Å². The summed E-state index contributed by atoms with van der Waals surface area (Å²) in [7, 11) is 0. The second kappa shape index (κ2) is 4.54. The average Bonchev–Trinajstić information content (AvgIpc) is 2.77. The molecule has 0 bridgehead atoms. The number of rotatable bonds is 2. The fourth-order valence-corrected chi connectivity index (χ4v) is 1.49. The Morgan fingerprint density at radius 3 is 2.58 bits per heavy atom. The molecule has 0 aliphatic carbocycles. The Hall–Kier alpha value is -2.09. The molecule has 1 N–H and O–H groups in total. The summed E-state index contributed by atoms with van der Waals surface area (Å²) in [6.07, 6.45) is -3.35. The van der Waals surface area contributed by atoms with Gasteiger partial charge in [0, 0.05) is 6.20 Å². The van der Waals surface area contributed by atoms with E-state index in [1.165, 1.54) is 6.07 Å². The predicted molar refractivity (Wildman–Crippen MR) is 58.3 cm³/mol. The first-order valence-corrected chi connectivity index (χ1v) is 5.19. The van der Waals surface area contributed by atoms with Crippen LogP contribution < -0.4 is 0 Å². The van der Waals surface area contributed by atoms with Crippen molar-refractivity contribution in [2.24, 2.45) is 0 Å². The first-order chi connectivity index (χ1) is 8.79. The van der Waals surface area contributed by atoms with Crippen molar-refractivity contribution in [2.45, 2.75) is 6.18 Å². The summed E-state index contributed by atoms with van der Waals surface area (Å²) in [4.78, 5) is 14.6. The van der Waals surface area contributed by atoms with Crippen LogP contribution in [0.15, 0.2) is 24.5 Å². The maximum Gasteiger partial charge on any atom is 0.419 e. The molecule has 0 saturated heterocycles. The molecule has 9 heteroatoms. The van der Waals surface area contributed by atoms with Gasteiger partial charge >= 0.3 is 12.1 Å². The molecule has 2 aromatic rings. The van der Waals surface area contributed by atoms with E-state index in [4.69, 9.17) is 16.7 Å². The Kier molecular flexibility index (Phi) is 3.19. The molecule has 0 fully saturated rings. The van der Waals surface area contributed by atoms with Crippen LogP contribution >= 0.6 is 11.6 Å². The molecule has 2 rings (SSSR count). The summed E-state index contributed by atoms with van der Waals surface area (Å²) in [6.45, 7) is 0. The van der Waals surface area contributed by atoms with Crippen LogP contribution in [0.1, 0.15) is 15.9 Å². The SMILES string of the molecule is O=C(O)c1ccc(Cl)nc1-n1cc(C(F)(F)F)cn1. The van der Waals surface area contributed by atoms with Crippen molar-refractivity contribution in [1.29, 1.82) is 0 Å². The van der Waals surface area contributed by atoms with E-state index in [1.807, 2.05) is 0 Å². The van der Waals surface area contributed by atoms with Crippen LogP contribution in [0.2, 0.25) is 5.15 Å². The van der Waals surface area contributed by atoms with E-state index < -0.39 is 17.7 Å². The van der Waals surface area contributed by atoms with Gasteiger partial charge in [-0.2, -0.15) is 18.3 Å². The number of hydrogen-bond donors (Lipinski definition) is 1. The third kappa shape index (κ3) is 2.68. The van der Waals surface area contributed by atoms with Gasteiger partial charge < -0.3 is 5.11 Å². The van der Waals surface area contributed by atoms with Crippen molar-refractivity contribution in [2.75, 3.05) is 0 Å². The van der Waals surface area contributed by atoms with Gasteiger partial charge in [0.1, 0.15) is 10.7 Å². The van der Waals surface area contributed by atoms with Crippen molar-refractivity contribution in [1.82, 2.24) is 14.8 Å². The topological polar surface area (TPSA) is 68.0 Å². The lowest BCUT2D eigenvalue weighted by Crippen LogP contribution is -2.09. The van der Waals surface area contributed by atoms with Crippen LogP contribution in [0, 0.1) is 0 Å². The summed E-state index contributed by atoms with van der Waals surface area (Å²) in [5, 5.41) is 12.3. The van der Waals surface area contributed by atoms with E-state index in [-0.39, 0.29) is 16.5 Å². The van der Waals surface area contributed by atoms with Gasteiger partial charge in [-0.1, -0.05) is 11.6 Å². The molecular weight excluding hydrogens is 287 g/mol. The van der Waals surface area contributed by atoms with Gasteiger partial charge in [-0.15, -0.1) is 0 Å². The highest BCUT2D eigenvalue weighted by atomic mass is 35.5. The van der Waals surface area contributed by atoms with Crippen LogP contribution in [0.5, 0.6) is 0 Å². The molecule has 0 saturated carbocycles. The molecule has 19 heavy (non-hydrogen) atoms. The van der Waals surface area contributed by atoms with Crippen LogP contribution in [-0.4, -0.2) is 25.8 Å². The first kappa shape index (κ1) is 13.3. The largest absolute Gasteiger partial charge is 0.478 e. The van der Waals surface area contributed by atoms with Crippen molar-refractivity contribution >= 4 is 17.6 Å². The molecular formula is C10H5ClF3N3O2. The predicted octanol–water partition coefficient (Wildman–Crippen LogP) is 2.64. The Balaban J connectivity index is 2.55. The van der Waals surface area contributed by atoms with Gasteiger partial charge in [-0.3, -0.25) is 0 Å². The molecule has 2 aromatic heterocycles. The van der Waals surface area contributed by atoms with E-state index in [1.54, 1.807) is 0 Å². The van der Waals surface area contributed by atoms with Crippen molar-refractivity contribution in [3.63, 3.8) is 0 Å². The standard InChI is InChI=1S/C10H5ClF3N3O2/c11-7-2-1-6(9(18)19)8(16-7)17-4-5(3-15-17)10(12,13)14/h1-4H,(H,18,19). The van der Waals surface area contributed by atoms with Gasteiger partial charge in [-0.25, -0.2) is 14.5 Å². The Labute approximate surface area is 109 Å². The highest BCUT2D eigenvalue weighted by Crippen LogP contribution is 2.29. The molecule has 0 aliphatic rings. The van der Waals surface area contributed by atoms with E-state index in [2.05, 4.69) is 10.1 Å². The minimum atomic E-state index is -4.57. The second-order valence-electron chi connectivity index (χ2n) is 3.48. The fourth-order valence-electron chi connectivity index (χ4n) is 1.35. The van der Waals surface area contributed by atoms with E-state index in [0.717, 1.165) is 10.7 Å². The smallest absolute Gasteiger partial charge is 0.419 e. The van der Waals surface area contributed by atoms with E-state index >= 15 is 0 Å². The van der Waals surface area contributed by atoms with Crippen LogP contribution in [0.25, 0.3) is 5.82 Å². The lowest BCUT2D eigenvalue weighted by molar-refractivity contribution is -0.137. The molecule has 0 aliphatic heterocycles. The number of pyridine rings is 1. The number of alkyl halides is 3. The van der Waals surface area contributed by atoms with Crippen molar-refractivity contribution in [3.8, 4) is 5.82 Å². The summed E-state index contributed by atoms with van der Waals surface area (Å²) < 4.78 is 38.0. The summed E-state index contributed by atoms with van der Waals surface area (Å²) >= 11 is 5.60. The zero-order valence-corrected chi connectivity index (χ0v) is 9.77. The van der Waals surface area contributed by atoms with E-state index in [9.17, 15) is 18.0 Å². The lowest BCUT2D eigenvalue weighted by atomic mass is 10.2. The van der Waals surface area contributed by atoms with Crippen LogP contribution in [0.4, 0.5) is 13.2 Å². The minimum Gasteiger partial charge on any atom is -0.478 e. The van der Waals surface area contributed by atoms with Crippen molar-refractivity contribution in [3.05, 3.63) is 40.8 Å². The minimum absolute atomic E-state index is 0.0518. The number of aromatic nitrogens is 3. The molecule has 0 atom stereocenters. The summed E-state index contributed by atoms with van der Waals surface area (Å²) in [5.74, 6) is -1.63. The van der Waals surface area contributed by atoms with Crippen molar-refractivity contribution < 1.29 is 23.1 Å². The quantitative estimate of drug-likeness (QED) is 0.864. The Morgan fingerprint density at radius 1 is 1.37 bits per heavy atom. The highest BCUT2D eigenvalue weighted by molar-refractivity contribution is 6.29. The highest BCUT2D eigenvalue weighted by Gasteiger charge is 2.32. The molecule has 0 spiro atoms. The van der Waals surface area contributed by atoms with Crippen LogP contribution in [-0.2, 0) is 6.18 Å².